The Labute approximate surface area is 177 Å². The van der Waals surface area contributed by atoms with Crippen LogP contribution in [0.15, 0.2) is 67.0 Å². The average Bonchev–Trinajstić information content (AvgIpc) is 3.32. The highest BCUT2D eigenvalue weighted by Crippen LogP contribution is 2.25. The Bertz CT molecular complexity index is 961. The van der Waals surface area contributed by atoms with Crippen molar-refractivity contribution in [3.8, 4) is 5.75 Å². The van der Waals surface area contributed by atoms with Crippen LogP contribution in [0.4, 0.5) is 0 Å². The summed E-state index contributed by atoms with van der Waals surface area (Å²) < 4.78 is 7.23. The zero-order chi connectivity index (χ0) is 20.9. The van der Waals surface area contributed by atoms with Crippen LogP contribution < -0.4 is 4.74 Å². The number of rotatable bonds is 6. The molecule has 6 nitrogen and oxygen atoms in total. The highest BCUT2D eigenvalue weighted by atomic mass is 16.5. The summed E-state index contributed by atoms with van der Waals surface area (Å²) in [6, 6.07) is 18.3. The standard InChI is InChI=1S/C24H28N4O2/c1-19(22-5-3-6-23(17-22)30-2)26-13-15-27(16-14-26)24(29)21-9-7-20(8-10-21)18-28-12-4-11-25-28/h3-12,17,19H,13-16,18H2,1-2H3. The van der Waals surface area contributed by atoms with Crippen molar-refractivity contribution in [1.29, 1.82) is 0 Å². The molecule has 2 aromatic carbocycles. The van der Waals surface area contributed by atoms with Gasteiger partial charge in [0, 0.05) is 50.2 Å². The van der Waals surface area contributed by atoms with Crippen LogP contribution in [0.3, 0.4) is 0 Å². The SMILES string of the molecule is COc1cccc(C(C)N2CCN(C(=O)c3ccc(Cn4cccn4)cc3)CC2)c1. The Morgan fingerprint density at radius 1 is 1.07 bits per heavy atom. The van der Waals surface area contributed by atoms with Crippen LogP contribution in [0.25, 0.3) is 0 Å². The molecule has 1 aromatic heterocycles. The van der Waals surface area contributed by atoms with Gasteiger partial charge in [-0.3, -0.25) is 14.4 Å². The van der Waals surface area contributed by atoms with Crippen molar-refractivity contribution in [2.24, 2.45) is 0 Å². The zero-order valence-electron chi connectivity index (χ0n) is 17.6. The minimum absolute atomic E-state index is 0.106. The average molecular weight is 405 g/mol. The second-order valence-corrected chi connectivity index (χ2v) is 7.68. The van der Waals surface area contributed by atoms with E-state index in [1.165, 1.54) is 5.56 Å². The molecule has 1 fully saturated rings. The first-order valence-corrected chi connectivity index (χ1v) is 10.4. The zero-order valence-corrected chi connectivity index (χ0v) is 17.6. The summed E-state index contributed by atoms with van der Waals surface area (Å²) in [6.45, 7) is 6.13. The van der Waals surface area contributed by atoms with E-state index in [0.717, 1.165) is 43.1 Å². The molecule has 4 rings (SSSR count). The maximum absolute atomic E-state index is 12.9. The van der Waals surface area contributed by atoms with Crippen molar-refractivity contribution >= 4 is 5.91 Å². The van der Waals surface area contributed by atoms with E-state index >= 15 is 0 Å². The van der Waals surface area contributed by atoms with Gasteiger partial charge in [-0.1, -0.05) is 24.3 Å². The Morgan fingerprint density at radius 3 is 2.50 bits per heavy atom. The van der Waals surface area contributed by atoms with Gasteiger partial charge in [-0.2, -0.15) is 5.10 Å². The third-order valence-corrected chi connectivity index (χ3v) is 5.83. The van der Waals surface area contributed by atoms with Crippen molar-refractivity contribution < 1.29 is 9.53 Å². The number of hydrogen-bond acceptors (Lipinski definition) is 4. The van der Waals surface area contributed by atoms with Crippen LogP contribution >= 0.6 is 0 Å². The molecule has 156 valence electrons. The molecule has 0 radical (unpaired) electrons. The van der Waals surface area contributed by atoms with Crippen LogP contribution in [-0.4, -0.2) is 58.8 Å². The Morgan fingerprint density at radius 2 is 1.83 bits per heavy atom. The largest absolute Gasteiger partial charge is 0.497 e. The van der Waals surface area contributed by atoms with Crippen LogP contribution in [0.5, 0.6) is 5.75 Å². The van der Waals surface area contributed by atoms with Crippen LogP contribution in [0.1, 0.15) is 34.5 Å². The fourth-order valence-electron chi connectivity index (χ4n) is 3.94. The lowest BCUT2D eigenvalue weighted by Gasteiger charge is -2.38. The fourth-order valence-corrected chi connectivity index (χ4v) is 3.94. The molecule has 2 heterocycles. The highest BCUT2D eigenvalue weighted by Gasteiger charge is 2.25. The van der Waals surface area contributed by atoms with E-state index in [1.54, 1.807) is 13.3 Å². The van der Waals surface area contributed by atoms with Gasteiger partial charge in [-0.15, -0.1) is 0 Å². The van der Waals surface area contributed by atoms with Crippen molar-refractivity contribution in [3.05, 3.63) is 83.7 Å². The summed E-state index contributed by atoms with van der Waals surface area (Å²) in [5.41, 5.74) is 3.11. The van der Waals surface area contributed by atoms with Gasteiger partial charge in [0.15, 0.2) is 0 Å². The third kappa shape index (κ3) is 4.54. The third-order valence-electron chi connectivity index (χ3n) is 5.83. The van der Waals surface area contributed by atoms with Gasteiger partial charge in [0.1, 0.15) is 5.75 Å². The molecule has 6 heteroatoms. The number of ether oxygens (including phenoxy) is 1. The summed E-state index contributed by atoms with van der Waals surface area (Å²) in [7, 11) is 1.69. The minimum Gasteiger partial charge on any atom is -0.497 e. The number of carbonyl (C=O) groups is 1. The summed E-state index contributed by atoms with van der Waals surface area (Å²) in [5.74, 6) is 0.985. The predicted octanol–water partition coefficient (Wildman–Crippen LogP) is 3.46. The van der Waals surface area contributed by atoms with Crippen molar-refractivity contribution in [2.45, 2.75) is 19.5 Å². The number of hydrogen-bond donors (Lipinski definition) is 0. The number of amides is 1. The maximum Gasteiger partial charge on any atom is 0.253 e. The van der Waals surface area contributed by atoms with Gasteiger partial charge in [0.25, 0.3) is 5.91 Å². The Hall–Kier alpha value is -3.12. The first-order chi connectivity index (χ1) is 14.6. The topological polar surface area (TPSA) is 50.6 Å². The lowest BCUT2D eigenvalue weighted by Crippen LogP contribution is -2.49. The molecule has 0 spiro atoms. The molecule has 1 unspecified atom stereocenters. The number of piperazine rings is 1. The molecule has 30 heavy (non-hydrogen) atoms. The van der Waals surface area contributed by atoms with Crippen molar-refractivity contribution in [2.75, 3.05) is 33.3 Å². The van der Waals surface area contributed by atoms with Gasteiger partial charge in [-0.25, -0.2) is 0 Å². The van der Waals surface area contributed by atoms with Gasteiger partial charge in [-0.05, 0) is 48.4 Å². The molecule has 0 N–H and O–H groups in total. The lowest BCUT2D eigenvalue weighted by molar-refractivity contribution is 0.0582. The normalized spacial score (nSPS) is 15.7. The van der Waals surface area contributed by atoms with Crippen LogP contribution in [0.2, 0.25) is 0 Å². The molecule has 1 atom stereocenters. The van der Waals surface area contributed by atoms with E-state index in [0.29, 0.717) is 12.6 Å². The van der Waals surface area contributed by atoms with Crippen LogP contribution in [0, 0.1) is 0 Å². The molecular formula is C24H28N4O2. The van der Waals surface area contributed by atoms with Gasteiger partial charge >= 0.3 is 0 Å². The molecule has 3 aromatic rings. The fraction of sp³-hybridized carbons (Fsp3) is 0.333. The van der Waals surface area contributed by atoms with Crippen molar-refractivity contribution in [3.63, 3.8) is 0 Å². The van der Waals surface area contributed by atoms with Gasteiger partial charge in [0.05, 0.1) is 13.7 Å². The molecule has 0 aliphatic carbocycles. The number of benzene rings is 2. The maximum atomic E-state index is 12.9. The number of nitrogens with zero attached hydrogens (tertiary/aromatic N) is 4. The van der Waals surface area contributed by atoms with Gasteiger partial charge < -0.3 is 9.64 Å². The molecule has 0 saturated carbocycles. The molecule has 0 bridgehead atoms. The molecule has 1 aliphatic rings. The van der Waals surface area contributed by atoms with E-state index in [4.69, 9.17) is 4.74 Å². The van der Waals surface area contributed by atoms with E-state index in [9.17, 15) is 4.79 Å². The first-order valence-electron chi connectivity index (χ1n) is 10.4. The summed E-state index contributed by atoms with van der Waals surface area (Å²) in [4.78, 5) is 17.3. The van der Waals surface area contributed by atoms with E-state index in [2.05, 4.69) is 29.1 Å². The van der Waals surface area contributed by atoms with Crippen molar-refractivity contribution in [1.82, 2.24) is 19.6 Å². The summed E-state index contributed by atoms with van der Waals surface area (Å²) >= 11 is 0. The summed E-state index contributed by atoms with van der Waals surface area (Å²) in [6.07, 6.45) is 3.71. The molecule has 1 saturated heterocycles. The second kappa shape index (κ2) is 9.13. The smallest absolute Gasteiger partial charge is 0.253 e. The number of aromatic nitrogens is 2. The van der Waals surface area contributed by atoms with Gasteiger partial charge in [0.2, 0.25) is 0 Å². The number of carbonyl (C=O) groups excluding carboxylic acids is 1. The number of methoxy groups -OCH3 is 1. The summed E-state index contributed by atoms with van der Waals surface area (Å²) in [5, 5.41) is 4.23. The lowest BCUT2D eigenvalue weighted by atomic mass is 10.1. The minimum atomic E-state index is 0.106. The predicted molar refractivity (Wildman–Crippen MR) is 117 cm³/mol. The molecule has 1 aliphatic heterocycles. The highest BCUT2D eigenvalue weighted by molar-refractivity contribution is 5.94. The second-order valence-electron chi connectivity index (χ2n) is 7.68. The molecule has 1 amide bonds. The first kappa shape index (κ1) is 20.2. The monoisotopic (exact) mass is 404 g/mol. The van der Waals surface area contributed by atoms with E-state index < -0.39 is 0 Å². The quantitative estimate of drug-likeness (QED) is 0.631. The molecular weight excluding hydrogens is 376 g/mol. The van der Waals surface area contributed by atoms with E-state index in [-0.39, 0.29) is 5.91 Å². The van der Waals surface area contributed by atoms with Crippen LogP contribution in [-0.2, 0) is 6.54 Å². The Kier molecular flexibility index (Phi) is 6.14. The van der Waals surface area contributed by atoms with E-state index in [1.807, 2.05) is 58.2 Å². The Balaban J connectivity index is 1.33.